The second-order valence-corrected chi connectivity index (χ2v) is 27.8. The molecule has 0 unspecified atom stereocenters. The minimum Gasteiger partial charge on any atom is -0.458 e. The highest BCUT2D eigenvalue weighted by atomic mass is 16.5. The Balaban J connectivity index is 0.922. The molecule has 6 heterocycles. The number of nitrogens with one attached hydrogen (secondary N) is 1. The Hall–Kier alpha value is -8.03. The van der Waals surface area contributed by atoms with Crippen LogP contribution in [0.2, 0.25) is 0 Å². The molecule has 428 valence electrons. The zero-order chi connectivity index (χ0) is 58.1. The average molecular weight is 1130 g/mol. The average Bonchev–Trinajstić information content (AvgIpc) is 1.09. The summed E-state index contributed by atoms with van der Waals surface area (Å²) in [5.74, 6) is 7.31. The number of para-hydroxylation sites is 2. The second kappa shape index (κ2) is 19.7. The van der Waals surface area contributed by atoms with Crippen LogP contribution < -0.4 is 78.5 Å². The maximum Gasteiger partial charge on any atom is 0.256 e. The summed E-state index contributed by atoms with van der Waals surface area (Å²) < 4.78 is 22.2. The van der Waals surface area contributed by atoms with Crippen LogP contribution in [0.15, 0.2) is 133 Å². The Kier molecular flexibility index (Phi) is 11.8. The summed E-state index contributed by atoms with van der Waals surface area (Å²) in [7, 11) is 0. The summed E-state index contributed by atoms with van der Waals surface area (Å²) in [6.07, 6.45) is 18.8. The molecule has 0 aromatic heterocycles. The number of aryl methyl sites for hydroxylation is 6. The van der Waals surface area contributed by atoms with E-state index < -0.39 is 0 Å². The molecule has 1 N–H and O–H groups in total. The lowest BCUT2D eigenvalue weighted by molar-refractivity contribution is 0.440. The van der Waals surface area contributed by atoms with Gasteiger partial charge in [-0.3, -0.25) is 0 Å². The van der Waals surface area contributed by atoms with Crippen LogP contribution in [0.5, 0.6) is 34.5 Å². The maximum atomic E-state index is 7.87. The third-order valence-electron chi connectivity index (χ3n) is 22.2. The van der Waals surface area contributed by atoms with Gasteiger partial charge in [-0.15, -0.1) is 0 Å². The molecule has 0 spiro atoms. The smallest absolute Gasteiger partial charge is 0.256 e. The maximum absolute atomic E-state index is 7.87. The number of anilines is 8. The molecule has 87 heavy (non-hydrogen) atoms. The third kappa shape index (κ3) is 7.95. The first-order valence-electron chi connectivity index (χ1n) is 33.2. The van der Waals surface area contributed by atoms with Crippen LogP contribution in [0.4, 0.5) is 45.5 Å². The lowest BCUT2D eigenvalue weighted by Crippen LogP contribution is -2.65. The van der Waals surface area contributed by atoms with Gasteiger partial charge in [-0.2, -0.15) is 0 Å². The molecule has 0 radical (unpaired) electrons. The monoisotopic (exact) mass is 1130 g/mol. The highest BCUT2D eigenvalue weighted by molar-refractivity contribution is 7.03. The van der Waals surface area contributed by atoms with E-state index in [0.717, 1.165) is 34.5 Å². The van der Waals surface area contributed by atoms with E-state index in [2.05, 4.69) is 190 Å². The SMILES string of the molecule is Cc1cc(C)c(N2c3cc4c(cc3B3c5cc6c(cc5Oc5cc(C7CCCCC7)cc2c53)N(c2c(C)cc(C)cc2C)c2cc(C3CCCCC3)cc3c2B6c2ccccc2O3)B2c3ccccc3Oc3cc(C5CCCCC5)cc(c32)N4)c(C)c1. The highest BCUT2D eigenvalue weighted by Gasteiger charge is 2.50. The first kappa shape index (κ1) is 52.1. The fourth-order valence-electron chi connectivity index (χ4n) is 18.6. The molecule has 3 aliphatic carbocycles. The Morgan fingerprint density at radius 3 is 1.23 bits per heavy atom. The van der Waals surface area contributed by atoms with E-state index in [-0.39, 0.29) is 20.1 Å². The minimum atomic E-state index is -0.155. The predicted octanol–water partition coefficient (Wildman–Crippen LogP) is 15.2. The van der Waals surface area contributed by atoms with Gasteiger partial charge in [0, 0.05) is 40.2 Å². The fraction of sp³-hybridized carbons (Fsp3) is 0.308. The van der Waals surface area contributed by atoms with Gasteiger partial charge < -0.3 is 29.3 Å². The molecule has 6 aliphatic heterocycles. The van der Waals surface area contributed by atoms with Gasteiger partial charge in [0.25, 0.3) is 20.1 Å². The van der Waals surface area contributed by atoms with Gasteiger partial charge in [0.15, 0.2) is 0 Å². The van der Waals surface area contributed by atoms with Crippen LogP contribution in [0, 0.1) is 41.5 Å². The van der Waals surface area contributed by atoms with Crippen molar-refractivity contribution in [1.82, 2.24) is 0 Å². The zero-order valence-corrected chi connectivity index (χ0v) is 51.4. The Morgan fingerprint density at radius 1 is 0.333 bits per heavy atom. The number of benzene rings is 9. The molecule has 0 saturated heterocycles. The lowest BCUT2D eigenvalue weighted by Gasteiger charge is -2.45. The topological polar surface area (TPSA) is 46.2 Å². The Labute approximate surface area is 514 Å². The Bertz CT molecular complexity index is 4390. The minimum absolute atomic E-state index is 0.0303. The fourth-order valence-corrected chi connectivity index (χ4v) is 18.6. The molecule has 18 rings (SSSR count). The molecule has 0 amide bonds. The van der Waals surface area contributed by atoms with Gasteiger partial charge in [0.05, 0.1) is 11.4 Å². The van der Waals surface area contributed by atoms with Crippen molar-refractivity contribution in [2.75, 3.05) is 15.1 Å². The van der Waals surface area contributed by atoms with Crippen LogP contribution >= 0.6 is 0 Å². The molecule has 0 bridgehead atoms. The van der Waals surface area contributed by atoms with E-state index in [0.29, 0.717) is 17.8 Å². The molecule has 9 heteroatoms. The molecule has 9 aromatic carbocycles. The Morgan fingerprint density at radius 2 is 0.736 bits per heavy atom. The van der Waals surface area contributed by atoms with E-state index >= 15 is 0 Å². The van der Waals surface area contributed by atoms with E-state index in [1.165, 1.54) is 241 Å². The zero-order valence-electron chi connectivity index (χ0n) is 51.4. The molecular weight excluding hydrogens is 1060 g/mol. The normalized spacial score (nSPS) is 17.7. The number of hydrogen-bond donors (Lipinski definition) is 1. The first-order chi connectivity index (χ1) is 42.6. The van der Waals surface area contributed by atoms with Crippen molar-refractivity contribution in [1.29, 1.82) is 0 Å². The summed E-state index contributed by atoms with van der Waals surface area (Å²) in [4.78, 5) is 5.32. The predicted molar refractivity (Wildman–Crippen MR) is 365 cm³/mol. The van der Waals surface area contributed by atoms with Gasteiger partial charge in [-0.05, 0) is 241 Å². The quantitative estimate of drug-likeness (QED) is 0.173. The van der Waals surface area contributed by atoms with Crippen molar-refractivity contribution in [2.45, 2.75) is 156 Å². The van der Waals surface area contributed by atoms with Crippen LogP contribution in [-0.4, -0.2) is 20.1 Å². The number of fused-ring (bicyclic) bond motifs is 12. The van der Waals surface area contributed by atoms with E-state index in [1.54, 1.807) is 0 Å². The van der Waals surface area contributed by atoms with Crippen molar-refractivity contribution in [3.05, 3.63) is 184 Å². The molecule has 9 aromatic rings. The van der Waals surface area contributed by atoms with E-state index in [4.69, 9.17) is 14.2 Å². The summed E-state index contributed by atoms with van der Waals surface area (Å²) >= 11 is 0. The number of ether oxygens (including phenoxy) is 3. The van der Waals surface area contributed by atoms with Crippen molar-refractivity contribution < 1.29 is 14.2 Å². The van der Waals surface area contributed by atoms with Crippen LogP contribution in [-0.2, 0) is 0 Å². The second-order valence-electron chi connectivity index (χ2n) is 27.8. The molecule has 3 fully saturated rings. The lowest BCUT2D eigenvalue weighted by atomic mass is 9.29. The highest BCUT2D eigenvalue weighted by Crippen LogP contribution is 2.51. The van der Waals surface area contributed by atoms with E-state index in [9.17, 15) is 0 Å². The van der Waals surface area contributed by atoms with Gasteiger partial charge in [0.1, 0.15) is 34.5 Å². The first-order valence-corrected chi connectivity index (χ1v) is 33.2. The number of nitrogens with zero attached hydrogens (tertiary/aromatic N) is 2. The molecular formula is C78H74B3N3O3. The number of hydrogen-bond acceptors (Lipinski definition) is 6. The van der Waals surface area contributed by atoms with Gasteiger partial charge in [-0.1, -0.05) is 142 Å². The van der Waals surface area contributed by atoms with Crippen molar-refractivity contribution in [2.24, 2.45) is 0 Å². The van der Waals surface area contributed by atoms with Gasteiger partial charge >= 0.3 is 0 Å². The number of rotatable bonds is 5. The summed E-state index contributed by atoms with van der Waals surface area (Å²) in [6.45, 7) is 13.5. The van der Waals surface area contributed by atoms with Crippen LogP contribution in [0.1, 0.15) is 164 Å². The summed E-state index contributed by atoms with van der Waals surface area (Å²) in [5.41, 5.74) is 32.9. The van der Waals surface area contributed by atoms with E-state index in [1.807, 2.05) is 0 Å². The van der Waals surface area contributed by atoms with Gasteiger partial charge in [0.2, 0.25) is 0 Å². The van der Waals surface area contributed by atoms with Crippen LogP contribution in [0.3, 0.4) is 0 Å². The molecule has 6 nitrogen and oxygen atoms in total. The van der Waals surface area contributed by atoms with Crippen molar-refractivity contribution in [3.8, 4) is 34.5 Å². The largest absolute Gasteiger partial charge is 0.458 e. The van der Waals surface area contributed by atoms with Crippen molar-refractivity contribution in [3.63, 3.8) is 0 Å². The molecule has 9 aliphatic rings. The summed E-state index contributed by atoms with van der Waals surface area (Å²) in [5, 5.41) is 4.21. The van der Waals surface area contributed by atoms with Crippen LogP contribution in [0.25, 0.3) is 0 Å². The summed E-state index contributed by atoms with van der Waals surface area (Å²) in [6, 6.07) is 52.6. The standard InChI is InChI=1S/C78H74B3N3O3/c1-44-30-46(3)77(47(4)31-44)83-64-42-62-58(79-56-26-16-18-28-68(56)85-71-37-53(34-63(82-62)74(71)79)50-20-10-7-11-21-50)40-59(64)81-61-41-60-65(43-70(61)87-73-39-55(36-67(83)76(73)81)52-24-14-9-15-25-52)84(78-48(5)32-45(2)33-49(78)6)66-35-54(51-22-12-8-13-23-51)38-72-75(66)80(60)57-27-17-19-29-69(57)86-72/h16-19,26-43,50-52,82H,7-15,20-25H2,1-6H3. The third-order valence-corrected chi connectivity index (χ3v) is 22.2. The molecule has 0 atom stereocenters. The van der Waals surface area contributed by atoms with Gasteiger partial charge in [-0.25, -0.2) is 0 Å². The van der Waals surface area contributed by atoms with Crippen molar-refractivity contribution >= 4 is 115 Å². The molecule has 3 saturated carbocycles.